The van der Waals surface area contributed by atoms with Crippen molar-refractivity contribution in [3.8, 4) is 0 Å². The summed E-state index contributed by atoms with van der Waals surface area (Å²) in [5.74, 6) is -0.921. The monoisotopic (exact) mass is 346 g/mol. The lowest BCUT2D eigenvalue weighted by Gasteiger charge is -2.14. The van der Waals surface area contributed by atoms with E-state index in [1.54, 1.807) is 12.1 Å². The van der Waals surface area contributed by atoms with E-state index in [4.69, 9.17) is 33.0 Å². The molecular weight excluding hydrogens is 335 g/mol. The Kier molecular flexibility index (Phi) is 4.31. The van der Waals surface area contributed by atoms with Crippen molar-refractivity contribution in [3.05, 3.63) is 22.2 Å². The van der Waals surface area contributed by atoms with Gasteiger partial charge in [-0.05, 0) is 18.6 Å². The van der Waals surface area contributed by atoms with Crippen LogP contribution in [0.1, 0.15) is 12.5 Å². The third-order valence-corrected chi connectivity index (χ3v) is 4.95. The minimum atomic E-state index is -0.877. The SMILES string of the molecule is O=C(O)CSc1nc2cc(Cl)c(Cl)cc2n1C1CCOC1. The molecule has 0 radical (unpaired) electrons. The predicted octanol–water partition coefficient (Wildman–Crippen LogP) is 3.48. The zero-order valence-corrected chi connectivity index (χ0v) is 13.2. The van der Waals surface area contributed by atoms with Crippen molar-refractivity contribution in [2.75, 3.05) is 19.0 Å². The number of fused-ring (bicyclic) bond motifs is 1. The van der Waals surface area contributed by atoms with Crippen molar-refractivity contribution in [3.63, 3.8) is 0 Å². The van der Waals surface area contributed by atoms with Crippen molar-refractivity contribution in [2.24, 2.45) is 0 Å². The number of halogens is 2. The fourth-order valence-corrected chi connectivity index (χ4v) is 3.49. The molecule has 3 rings (SSSR count). The maximum absolute atomic E-state index is 10.8. The first-order valence-electron chi connectivity index (χ1n) is 6.35. The van der Waals surface area contributed by atoms with Gasteiger partial charge in [0, 0.05) is 6.61 Å². The van der Waals surface area contributed by atoms with Gasteiger partial charge in [-0.3, -0.25) is 4.79 Å². The van der Waals surface area contributed by atoms with E-state index in [0.29, 0.717) is 33.9 Å². The summed E-state index contributed by atoms with van der Waals surface area (Å²) in [5, 5.41) is 10.4. The highest BCUT2D eigenvalue weighted by atomic mass is 35.5. The number of nitrogens with zero attached hydrogens (tertiary/aromatic N) is 2. The van der Waals surface area contributed by atoms with E-state index in [1.807, 2.05) is 4.57 Å². The first-order chi connectivity index (χ1) is 10.1. The molecule has 1 saturated heterocycles. The second kappa shape index (κ2) is 6.04. The number of thioether (sulfide) groups is 1. The molecule has 112 valence electrons. The van der Waals surface area contributed by atoms with Gasteiger partial charge in [0.1, 0.15) is 0 Å². The molecule has 21 heavy (non-hydrogen) atoms. The van der Waals surface area contributed by atoms with Crippen LogP contribution in [0.3, 0.4) is 0 Å². The highest BCUT2D eigenvalue weighted by Gasteiger charge is 2.24. The summed E-state index contributed by atoms with van der Waals surface area (Å²) in [6, 6.07) is 3.62. The van der Waals surface area contributed by atoms with Crippen molar-refractivity contribution in [1.29, 1.82) is 0 Å². The standard InChI is InChI=1S/C13H12Cl2N2O3S/c14-8-3-10-11(4-9(8)15)17(7-1-2-20-5-7)13(16-10)21-6-12(18)19/h3-4,7H,1-2,5-6H2,(H,18,19). The maximum Gasteiger partial charge on any atom is 0.313 e. The third-order valence-electron chi connectivity index (χ3n) is 3.29. The Morgan fingerprint density at radius 2 is 2.24 bits per heavy atom. The van der Waals surface area contributed by atoms with Crippen LogP contribution in [-0.4, -0.2) is 39.6 Å². The maximum atomic E-state index is 10.8. The van der Waals surface area contributed by atoms with Crippen LogP contribution in [0.2, 0.25) is 10.0 Å². The van der Waals surface area contributed by atoms with Crippen LogP contribution in [0, 0.1) is 0 Å². The number of imidazole rings is 1. The van der Waals surface area contributed by atoms with Crippen LogP contribution >= 0.6 is 35.0 Å². The smallest absolute Gasteiger partial charge is 0.313 e. The van der Waals surface area contributed by atoms with Crippen LogP contribution in [0.4, 0.5) is 0 Å². The van der Waals surface area contributed by atoms with Gasteiger partial charge in [-0.2, -0.15) is 0 Å². The first-order valence-corrected chi connectivity index (χ1v) is 8.09. The average molecular weight is 347 g/mol. The van der Waals surface area contributed by atoms with Gasteiger partial charge in [-0.25, -0.2) is 4.98 Å². The van der Waals surface area contributed by atoms with Gasteiger partial charge in [-0.1, -0.05) is 35.0 Å². The van der Waals surface area contributed by atoms with Crippen LogP contribution in [-0.2, 0) is 9.53 Å². The molecule has 8 heteroatoms. The van der Waals surface area contributed by atoms with Gasteiger partial charge in [0.2, 0.25) is 0 Å². The first kappa shape index (κ1) is 15.0. The van der Waals surface area contributed by atoms with E-state index in [1.165, 1.54) is 11.8 Å². The lowest BCUT2D eigenvalue weighted by molar-refractivity contribution is -0.133. The lowest BCUT2D eigenvalue weighted by Crippen LogP contribution is -2.11. The zero-order chi connectivity index (χ0) is 15.0. The van der Waals surface area contributed by atoms with Gasteiger partial charge >= 0.3 is 5.97 Å². The Balaban J connectivity index is 2.10. The molecule has 1 aliphatic rings. The average Bonchev–Trinajstić information content (AvgIpc) is 3.04. The van der Waals surface area contributed by atoms with Gasteiger partial charge in [0.05, 0.1) is 39.5 Å². The molecule has 1 unspecified atom stereocenters. The second-order valence-electron chi connectivity index (χ2n) is 4.72. The largest absolute Gasteiger partial charge is 0.481 e. The molecule has 1 aromatic carbocycles. The number of benzene rings is 1. The molecule has 1 fully saturated rings. The highest BCUT2D eigenvalue weighted by Crippen LogP contribution is 2.35. The fraction of sp³-hybridized carbons (Fsp3) is 0.385. The lowest BCUT2D eigenvalue weighted by atomic mass is 10.2. The van der Waals surface area contributed by atoms with E-state index in [-0.39, 0.29) is 11.8 Å². The number of carboxylic acids is 1. The molecule has 0 aliphatic carbocycles. The predicted molar refractivity (Wildman–Crippen MR) is 82.6 cm³/mol. The molecule has 1 aromatic heterocycles. The van der Waals surface area contributed by atoms with Crippen molar-refractivity contribution in [1.82, 2.24) is 9.55 Å². The number of hydrogen-bond donors (Lipinski definition) is 1. The molecule has 5 nitrogen and oxygen atoms in total. The normalized spacial score (nSPS) is 18.5. The summed E-state index contributed by atoms with van der Waals surface area (Å²) in [5.41, 5.74) is 1.57. The molecular formula is C13H12Cl2N2O3S. The van der Waals surface area contributed by atoms with Gasteiger partial charge < -0.3 is 14.4 Å². The van der Waals surface area contributed by atoms with Crippen molar-refractivity contribution >= 4 is 52.0 Å². The Bertz CT molecular complexity index is 698. The Morgan fingerprint density at radius 3 is 2.90 bits per heavy atom. The van der Waals surface area contributed by atoms with Gasteiger partial charge in [-0.15, -0.1) is 0 Å². The van der Waals surface area contributed by atoms with E-state index in [9.17, 15) is 4.79 Å². The summed E-state index contributed by atoms with van der Waals surface area (Å²) in [7, 11) is 0. The zero-order valence-electron chi connectivity index (χ0n) is 10.9. The van der Waals surface area contributed by atoms with Crippen LogP contribution in [0.25, 0.3) is 11.0 Å². The summed E-state index contributed by atoms with van der Waals surface area (Å²) in [6.07, 6.45) is 0.867. The molecule has 0 spiro atoms. The minimum absolute atomic E-state index is 0.0433. The number of aliphatic carboxylic acids is 1. The van der Waals surface area contributed by atoms with Crippen LogP contribution in [0.5, 0.6) is 0 Å². The summed E-state index contributed by atoms with van der Waals surface area (Å²) < 4.78 is 7.44. The molecule has 0 bridgehead atoms. The third kappa shape index (κ3) is 2.99. The van der Waals surface area contributed by atoms with Gasteiger partial charge in [0.25, 0.3) is 0 Å². The Hall–Kier alpha value is -0.950. The Morgan fingerprint density at radius 1 is 1.48 bits per heavy atom. The minimum Gasteiger partial charge on any atom is -0.481 e. The van der Waals surface area contributed by atoms with Crippen molar-refractivity contribution < 1.29 is 14.6 Å². The molecule has 0 saturated carbocycles. The highest BCUT2D eigenvalue weighted by molar-refractivity contribution is 7.99. The molecule has 2 aromatic rings. The molecule has 2 heterocycles. The fourth-order valence-electron chi connectivity index (χ4n) is 2.37. The van der Waals surface area contributed by atoms with Crippen LogP contribution < -0.4 is 0 Å². The number of rotatable bonds is 4. The van der Waals surface area contributed by atoms with Crippen LogP contribution in [0.15, 0.2) is 17.3 Å². The van der Waals surface area contributed by atoms with E-state index in [2.05, 4.69) is 4.98 Å². The van der Waals surface area contributed by atoms with Gasteiger partial charge in [0.15, 0.2) is 5.16 Å². The summed E-state index contributed by atoms with van der Waals surface area (Å²) in [6.45, 7) is 1.28. The molecule has 0 amide bonds. The number of ether oxygens (including phenoxy) is 1. The quantitative estimate of drug-likeness (QED) is 0.858. The molecule has 1 atom stereocenters. The second-order valence-corrected chi connectivity index (χ2v) is 6.48. The number of aromatic nitrogens is 2. The number of carboxylic acid groups (broad SMARTS) is 1. The Labute approximate surface area is 135 Å². The number of carbonyl (C=O) groups is 1. The number of hydrogen-bond acceptors (Lipinski definition) is 4. The van der Waals surface area contributed by atoms with E-state index >= 15 is 0 Å². The van der Waals surface area contributed by atoms with Crippen molar-refractivity contribution in [2.45, 2.75) is 17.6 Å². The van der Waals surface area contributed by atoms with E-state index in [0.717, 1.165) is 11.9 Å². The topological polar surface area (TPSA) is 64.3 Å². The molecule has 1 aliphatic heterocycles. The molecule has 1 N–H and O–H groups in total. The summed E-state index contributed by atoms with van der Waals surface area (Å²) >= 11 is 13.3. The summed E-state index contributed by atoms with van der Waals surface area (Å²) in [4.78, 5) is 15.3. The van der Waals surface area contributed by atoms with E-state index < -0.39 is 5.97 Å².